The minimum atomic E-state index is -0.961. The van der Waals surface area contributed by atoms with Crippen LogP contribution in [0.3, 0.4) is 0 Å². The summed E-state index contributed by atoms with van der Waals surface area (Å²) in [6.45, 7) is 0. The van der Waals surface area contributed by atoms with Crippen molar-refractivity contribution in [1.29, 1.82) is 0 Å². The molecule has 0 aliphatic rings. The molecule has 1 heterocycles. The van der Waals surface area contributed by atoms with Crippen LogP contribution in [0, 0.1) is 11.6 Å². The van der Waals surface area contributed by atoms with Crippen LogP contribution >= 0.6 is 27.3 Å². The lowest BCUT2D eigenvalue weighted by molar-refractivity contribution is -0.115. The first-order chi connectivity index (χ1) is 8.54. The van der Waals surface area contributed by atoms with Gasteiger partial charge in [-0.25, -0.2) is 13.8 Å². The number of aromatic nitrogens is 1. The molecule has 1 aromatic carbocycles. The van der Waals surface area contributed by atoms with Crippen molar-refractivity contribution in [2.45, 2.75) is 6.42 Å². The van der Waals surface area contributed by atoms with Gasteiger partial charge in [-0.05, 0) is 33.6 Å². The molecule has 0 aliphatic carbocycles. The number of halogens is 3. The highest BCUT2D eigenvalue weighted by Gasteiger charge is 2.09. The fourth-order valence-corrected chi connectivity index (χ4v) is 2.43. The summed E-state index contributed by atoms with van der Waals surface area (Å²) in [4.78, 5) is 15.5. The molecule has 1 aromatic heterocycles. The van der Waals surface area contributed by atoms with Gasteiger partial charge in [-0.1, -0.05) is 17.4 Å². The Morgan fingerprint density at radius 2 is 2.17 bits per heavy atom. The molecule has 1 N–H and O–H groups in total. The van der Waals surface area contributed by atoms with Gasteiger partial charge in [-0.2, -0.15) is 0 Å². The van der Waals surface area contributed by atoms with Gasteiger partial charge in [0, 0.05) is 0 Å². The Morgan fingerprint density at radius 3 is 2.78 bits per heavy atom. The van der Waals surface area contributed by atoms with E-state index in [0.717, 1.165) is 15.9 Å². The highest BCUT2D eigenvalue weighted by atomic mass is 79.9. The number of rotatable bonds is 3. The minimum absolute atomic E-state index is 0.0333. The lowest BCUT2D eigenvalue weighted by atomic mass is 10.1. The van der Waals surface area contributed by atoms with Crippen molar-refractivity contribution in [3.63, 3.8) is 0 Å². The van der Waals surface area contributed by atoms with E-state index in [1.165, 1.54) is 17.4 Å². The Morgan fingerprint density at radius 1 is 1.39 bits per heavy atom. The quantitative estimate of drug-likeness (QED) is 0.936. The third kappa shape index (κ3) is 3.33. The van der Waals surface area contributed by atoms with Crippen molar-refractivity contribution >= 4 is 38.3 Å². The lowest BCUT2D eigenvalue weighted by Gasteiger charge is -2.02. The molecule has 0 bridgehead atoms. The molecule has 18 heavy (non-hydrogen) atoms. The van der Waals surface area contributed by atoms with Gasteiger partial charge in [0.05, 0.1) is 16.4 Å². The van der Waals surface area contributed by atoms with Crippen LogP contribution < -0.4 is 5.32 Å². The summed E-state index contributed by atoms with van der Waals surface area (Å²) in [5.41, 5.74) is 0.405. The summed E-state index contributed by atoms with van der Waals surface area (Å²) >= 11 is 4.49. The molecule has 0 atom stereocenters. The SMILES string of the molecule is O=C(Cc1ccc(F)c(F)c1)Nc1ncc(Br)s1. The van der Waals surface area contributed by atoms with E-state index in [9.17, 15) is 13.6 Å². The van der Waals surface area contributed by atoms with Crippen molar-refractivity contribution in [1.82, 2.24) is 4.98 Å². The molecule has 0 fully saturated rings. The van der Waals surface area contributed by atoms with Crippen LogP contribution in [0.15, 0.2) is 28.2 Å². The van der Waals surface area contributed by atoms with E-state index in [-0.39, 0.29) is 12.3 Å². The normalized spacial score (nSPS) is 10.4. The molecule has 0 unspecified atom stereocenters. The maximum absolute atomic E-state index is 12.9. The van der Waals surface area contributed by atoms with Crippen LogP contribution in [0.25, 0.3) is 0 Å². The van der Waals surface area contributed by atoms with E-state index in [1.54, 1.807) is 6.20 Å². The molecular weight excluding hydrogens is 326 g/mol. The fourth-order valence-electron chi connectivity index (χ4n) is 1.31. The molecule has 0 spiro atoms. The Hall–Kier alpha value is -1.34. The molecule has 7 heteroatoms. The smallest absolute Gasteiger partial charge is 0.230 e. The van der Waals surface area contributed by atoms with E-state index < -0.39 is 11.6 Å². The molecule has 94 valence electrons. The van der Waals surface area contributed by atoms with Crippen molar-refractivity contribution in [2.24, 2.45) is 0 Å². The first kappa shape index (κ1) is 13.1. The first-order valence-electron chi connectivity index (χ1n) is 4.89. The molecular formula is C11H7BrF2N2OS. The minimum Gasteiger partial charge on any atom is -0.302 e. The second-order valence-electron chi connectivity index (χ2n) is 3.44. The van der Waals surface area contributed by atoms with Crippen LogP contribution in [0.4, 0.5) is 13.9 Å². The van der Waals surface area contributed by atoms with Crippen LogP contribution in [-0.4, -0.2) is 10.9 Å². The third-order valence-corrected chi connectivity index (χ3v) is 3.46. The highest BCUT2D eigenvalue weighted by Crippen LogP contribution is 2.23. The van der Waals surface area contributed by atoms with Gasteiger partial charge in [-0.15, -0.1) is 0 Å². The summed E-state index contributed by atoms with van der Waals surface area (Å²) in [5, 5.41) is 3.02. The average Bonchev–Trinajstić information content (AvgIpc) is 2.69. The molecule has 0 radical (unpaired) electrons. The maximum Gasteiger partial charge on any atom is 0.230 e. The number of nitrogens with one attached hydrogen (secondary N) is 1. The number of nitrogens with zero attached hydrogens (tertiary/aromatic N) is 1. The van der Waals surface area contributed by atoms with Gasteiger partial charge in [-0.3, -0.25) is 4.79 Å². The summed E-state index contributed by atoms with van der Waals surface area (Å²) in [5.74, 6) is -2.22. The van der Waals surface area contributed by atoms with Gasteiger partial charge in [0.15, 0.2) is 16.8 Å². The van der Waals surface area contributed by atoms with E-state index in [0.29, 0.717) is 10.7 Å². The summed E-state index contributed by atoms with van der Waals surface area (Å²) in [6, 6.07) is 3.38. The predicted molar refractivity (Wildman–Crippen MR) is 68.5 cm³/mol. The molecule has 2 aromatic rings. The van der Waals surface area contributed by atoms with Crippen molar-refractivity contribution in [3.05, 3.63) is 45.4 Å². The zero-order chi connectivity index (χ0) is 13.1. The third-order valence-electron chi connectivity index (χ3n) is 2.07. The van der Waals surface area contributed by atoms with Gasteiger partial charge in [0.2, 0.25) is 5.91 Å². The summed E-state index contributed by atoms with van der Waals surface area (Å²) in [6.07, 6.45) is 1.53. The van der Waals surface area contributed by atoms with Crippen LogP contribution in [0.5, 0.6) is 0 Å². The van der Waals surface area contributed by atoms with Crippen LogP contribution in [0.2, 0.25) is 0 Å². The van der Waals surface area contributed by atoms with Gasteiger partial charge in [0.1, 0.15) is 0 Å². The molecule has 0 saturated carbocycles. The number of amides is 1. The molecule has 3 nitrogen and oxygen atoms in total. The first-order valence-corrected chi connectivity index (χ1v) is 6.50. The number of carbonyl (C=O) groups excluding carboxylic acids is 1. The Labute approximate surface area is 114 Å². The van der Waals surface area contributed by atoms with Crippen molar-refractivity contribution in [3.8, 4) is 0 Å². The van der Waals surface area contributed by atoms with Crippen molar-refractivity contribution in [2.75, 3.05) is 5.32 Å². The molecule has 1 amide bonds. The largest absolute Gasteiger partial charge is 0.302 e. The number of benzene rings is 1. The molecule has 0 aliphatic heterocycles. The van der Waals surface area contributed by atoms with Gasteiger partial charge >= 0.3 is 0 Å². The second-order valence-corrected chi connectivity index (χ2v) is 5.85. The lowest BCUT2D eigenvalue weighted by Crippen LogP contribution is -2.14. The number of anilines is 1. The Bertz CT molecular complexity index is 588. The van der Waals surface area contributed by atoms with Gasteiger partial charge < -0.3 is 5.32 Å². The zero-order valence-corrected chi connectivity index (χ0v) is 11.3. The van der Waals surface area contributed by atoms with E-state index in [2.05, 4.69) is 26.2 Å². The van der Waals surface area contributed by atoms with Crippen LogP contribution in [0.1, 0.15) is 5.56 Å². The fraction of sp³-hybridized carbons (Fsp3) is 0.0909. The van der Waals surface area contributed by atoms with Crippen molar-refractivity contribution < 1.29 is 13.6 Å². The number of thiazole rings is 1. The number of hydrogen-bond donors (Lipinski definition) is 1. The standard InChI is InChI=1S/C11H7BrF2N2OS/c12-9-5-15-11(18-9)16-10(17)4-6-1-2-7(13)8(14)3-6/h1-3,5H,4H2,(H,15,16,17). The van der Waals surface area contributed by atoms with Gasteiger partial charge in [0.25, 0.3) is 0 Å². The highest BCUT2D eigenvalue weighted by molar-refractivity contribution is 9.11. The average molecular weight is 333 g/mol. The van der Waals surface area contributed by atoms with E-state index >= 15 is 0 Å². The number of carbonyl (C=O) groups is 1. The monoisotopic (exact) mass is 332 g/mol. The van der Waals surface area contributed by atoms with E-state index in [1.807, 2.05) is 0 Å². The molecule has 2 rings (SSSR count). The zero-order valence-electron chi connectivity index (χ0n) is 8.91. The summed E-state index contributed by atoms with van der Waals surface area (Å²) < 4.78 is 26.4. The summed E-state index contributed by atoms with van der Waals surface area (Å²) in [7, 11) is 0. The topological polar surface area (TPSA) is 42.0 Å². The second kappa shape index (κ2) is 5.53. The Kier molecular flexibility index (Phi) is 4.03. The maximum atomic E-state index is 12.9. The number of hydrogen-bond acceptors (Lipinski definition) is 3. The van der Waals surface area contributed by atoms with Crippen LogP contribution in [-0.2, 0) is 11.2 Å². The predicted octanol–water partition coefficient (Wildman–Crippen LogP) is 3.37. The Balaban J connectivity index is 2.00. The van der Waals surface area contributed by atoms with E-state index in [4.69, 9.17) is 0 Å². The molecule has 0 saturated heterocycles.